The summed E-state index contributed by atoms with van der Waals surface area (Å²) in [5.74, 6) is -1.87. The molecule has 0 radical (unpaired) electrons. The zero-order valence-electron chi connectivity index (χ0n) is 12.9. The second-order valence-electron chi connectivity index (χ2n) is 6.46. The predicted octanol–water partition coefficient (Wildman–Crippen LogP) is 2.57. The van der Waals surface area contributed by atoms with Gasteiger partial charge in [-0.2, -0.15) is 0 Å². The summed E-state index contributed by atoms with van der Waals surface area (Å²) in [6, 6.07) is 4.69. The summed E-state index contributed by atoms with van der Waals surface area (Å²) >= 11 is 0. The van der Waals surface area contributed by atoms with Crippen molar-refractivity contribution in [3.05, 3.63) is 29.3 Å². The van der Waals surface area contributed by atoms with Gasteiger partial charge in [0.1, 0.15) is 5.75 Å². The van der Waals surface area contributed by atoms with Crippen molar-refractivity contribution in [2.24, 2.45) is 11.3 Å². The molecule has 0 fully saturated rings. The van der Waals surface area contributed by atoms with Crippen LogP contribution in [0.4, 0.5) is 0 Å². The van der Waals surface area contributed by atoms with Crippen LogP contribution in [0.1, 0.15) is 43.1 Å². The number of carbonyl (C=O) groups is 2. The molecule has 5 heteroatoms. The Morgan fingerprint density at radius 3 is 2.43 bits per heavy atom. The Kier molecular flexibility index (Phi) is 5.35. The fraction of sp³-hybridized carbons (Fsp3) is 0.500. The third-order valence-corrected chi connectivity index (χ3v) is 3.27. The van der Waals surface area contributed by atoms with E-state index in [-0.39, 0.29) is 23.6 Å². The number of amides is 1. The lowest BCUT2D eigenvalue weighted by Crippen LogP contribution is -2.35. The second kappa shape index (κ2) is 6.61. The number of phenolic OH excluding ortho intramolecular Hbond substituents is 1. The fourth-order valence-corrected chi connectivity index (χ4v) is 2.17. The molecule has 1 amide bonds. The SMILES string of the molecule is Cc1c(O)cccc1C(=O)NCC(CC(C)(C)C)C(=O)O. The quantitative estimate of drug-likeness (QED) is 0.778. The lowest BCUT2D eigenvalue weighted by atomic mass is 9.84. The average molecular weight is 293 g/mol. The molecule has 1 atom stereocenters. The number of aromatic hydroxyl groups is 1. The largest absolute Gasteiger partial charge is 0.508 e. The van der Waals surface area contributed by atoms with Crippen LogP contribution in [0.2, 0.25) is 0 Å². The van der Waals surface area contributed by atoms with E-state index in [0.29, 0.717) is 17.5 Å². The first-order chi connectivity index (χ1) is 9.61. The number of benzene rings is 1. The van der Waals surface area contributed by atoms with E-state index in [1.807, 2.05) is 20.8 Å². The minimum Gasteiger partial charge on any atom is -0.508 e. The molecule has 21 heavy (non-hydrogen) atoms. The molecule has 0 bridgehead atoms. The summed E-state index contributed by atoms with van der Waals surface area (Å²) in [5, 5.41) is 21.5. The zero-order chi connectivity index (χ0) is 16.2. The maximum atomic E-state index is 12.1. The van der Waals surface area contributed by atoms with Crippen LogP contribution in [0.5, 0.6) is 5.75 Å². The molecule has 0 saturated carbocycles. The van der Waals surface area contributed by atoms with E-state index < -0.39 is 11.9 Å². The second-order valence-corrected chi connectivity index (χ2v) is 6.46. The van der Waals surface area contributed by atoms with Crippen LogP contribution < -0.4 is 5.32 Å². The van der Waals surface area contributed by atoms with Crippen LogP contribution in [-0.2, 0) is 4.79 Å². The van der Waals surface area contributed by atoms with Gasteiger partial charge in [0.25, 0.3) is 5.91 Å². The molecule has 116 valence electrons. The average Bonchev–Trinajstić information content (AvgIpc) is 2.35. The summed E-state index contributed by atoms with van der Waals surface area (Å²) < 4.78 is 0. The monoisotopic (exact) mass is 293 g/mol. The molecule has 1 aromatic carbocycles. The van der Waals surface area contributed by atoms with Crippen molar-refractivity contribution in [3.8, 4) is 5.75 Å². The van der Waals surface area contributed by atoms with E-state index in [0.717, 1.165) is 0 Å². The Morgan fingerprint density at radius 2 is 1.90 bits per heavy atom. The van der Waals surface area contributed by atoms with E-state index in [2.05, 4.69) is 5.32 Å². The summed E-state index contributed by atoms with van der Waals surface area (Å²) in [4.78, 5) is 23.4. The fourth-order valence-electron chi connectivity index (χ4n) is 2.17. The molecule has 0 heterocycles. The van der Waals surface area contributed by atoms with Gasteiger partial charge in [0.2, 0.25) is 0 Å². The lowest BCUT2D eigenvalue weighted by molar-refractivity contribution is -0.142. The lowest BCUT2D eigenvalue weighted by Gasteiger charge is -2.23. The van der Waals surface area contributed by atoms with Gasteiger partial charge in [0.05, 0.1) is 5.92 Å². The molecule has 0 aliphatic carbocycles. The maximum Gasteiger partial charge on any atom is 0.308 e. The number of rotatable bonds is 5. The van der Waals surface area contributed by atoms with Crippen LogP contribution in [0.25, 0.3) is 0 Å². The molecule has 0 aromatic heterocycles. The molecule has 0 saturated heterocycles. The van der Waals surface area contributed by atoms with Crippen molar-refractivity contribution in [3.63, 3.8) is 0 Å². The highest BCUT2D eigenvalue weighted by Crippen LogP contribution is 2.24. The third kappa shape index (κ3) is 5.10. The van der Waals surface area contributed by atoms with Gasteiger partial charge >= 0.3 is 5.97 Å². The van der Waals surface area contributed by atoms with Crippen molar-refractivity contribution in [1.29, 1.82) is 0 Å². The van der Waals surface area contributed by atoms with Crippen LogP contribution >= 0.6 is 0 Å². The Balaban J connectivity index is 2.74. The standard InChI is InChI=1S/C16H23NO4/c1-10-12(6-5-7-13(10)18)14(19)17-9-11(15(20)21)8-16(2,3)4/h5-7,11,18H,8-9H2,1-4H3,(H,17,19)(H,20,21). The summed E-state index contributed by atoms with van der Waals surface area (Å²) in [6.45, 7) is 7.60. The normalized spacial score (nSPS) is 12.8. The van der Waals surface area contributed by atoms with E-state index in [4.69, 9.17) is 0 Å². The molecule has 3 N–H and O–H groups in total. The van der Waals surface area contributed by atoms with Gasteiger partial charge in [-0.05, 0) is 30.9 Å². The van der Waals surface area contributed by atoms with Crippen LogP contribution in [0.3, 0.4) is 0 Å². The summed E-state index contributed by atoms with van der Waals surface area (Å²) in [5.41, 5.74) is 0.710. The Bertz CT molecular complexity index is 532. The van der Waals surface area contributed by atoms with E-state index in [9.17, 15) is 19.8 Å². The molecule has 5 nitrogen and oxygen atoms in total. The Labute approximate surface area is 125 Å². The van der Waals surface area contributed by atoms with Gasteiger partial charge in [0.15, 0.2) is 0 Å². The molecule has 0 spiro atoms. The zero-order valence-corrected chi connectivity index (χ0v) is 12.9. The molecule has 0 aliphatic rings. The number of hydrogen-bond donors (Lipinski definition) is 3. The van der Waals surface area contributed by atoms with Gasteiger partial charge in [-0.3, -0.25) is 9.59 Å². The molecule has 1 aromatic rings. The minimum absolute atomic E-state index is 0.0483. The highest BCUT2D eigenvalue weighted by Gasteiger charge is 2.25. The smallest absolute Gasteiger partial charge is 0.308 e. The van der Waals surface area contributed by atoms with Crippen molar-refractivity contribution in [1.82, 2.24) is 5.32 Å². The predicted molar refractivity (Wildman–Crippen MR) is 80.4 cm³/mol. The van der Waals surface area contributed by atoms with Gasteiger partial charge in [-0.1, -0.05) is 26.8 Å². The Hall–Kier alpha value is -2.04. The highest BCUT2D eigenvalue weighted by atomic mass is 16.4. The van der Waals surface area contributed by atoms with Gasteiger partial charge in [0, 0.05) is 17.7 Å². The van der Waals surface area contributed by atoms with E-state index >= 15 is 0 Å². The first-order valence-corrected chi connectivity index (χ1v) is 6.91. The topological polar surface area (TPSA) is 86.6 Å². The molecule has 0 aliphatic heterocycles. The summed E-state index contributed by atoms with van der Waals surface area (Å²) in [7, 11) is 0. The summed E-state index contributed by atoms with van der Waals surface area (Å²) in [6.07, 6.45) is 0.474. The van der Waals surface area contributed by atoms with Gasteiger partial charge in [-0.25, -0.2) is 0 Å². The van der Waals surface area contributed by atoms with Crippen LogP contribution in [-0.4, -0.2) is 28.6 Å². The first kappa shape index (κ1) is 17.0. The maximum absolute atomic E-state index is 12.1. The molecule has 1 unspecified atom stereocenters. The number of carboxylic acids is 1. The number of carboxylic acid groups (broad SMARTS) is 1. The number of aliphatic carboxylic acids is 1. The molecule has 1 rings (SSSR count). The van der Waals surface area contributed by atoms with Crippen molar-refractivity contribution in [2.45, 2.75) is 34.1 Å². The Morgan fingerprint density at radius 1 is 1.29 bits per heavy atom. The number of phenols is 1. The van der Waals surface area contributed by atoms with E-state index in [1.165, 1.54) is 6.07 Å². The van der Waals surface area contributed by atoms with E-state index in [1.54, 1.807) is 19.1 Å². The first-order valence-electron chi connectivity index (χ1n) is 6.91. The number of hydrogen-bond acceptors (Lipinski definition) is 3. The molecular formula is C16H23NO4. The van der Waals surface area contributed by atoms with Gasteiger partial charge < -0.3 is 15.5 Å². The third-order valence-electron chi connectivity index (χ3n) is 3.27. The van der Waals surface area contributed by atoms with Gasteiger partial charge in [-0.15, -0.1) is 0 Å². The minimum atomic E-state index is -0.919. The molecular weight excluding hydrogens is 270 g/mol. The van der Waals surface area contributed by atoms with Crippen LogP contribution in [0.15, 0.2) is 18.2 Å². The number of carbonyl (C=O) groups excluding carboxylic acids is 1. The van der Waals surface area contributed by atoms with Crippen molar-refractivity contribution < 1.29 is 19.8 Å². The highest BCUT2D eigenvalue weighted by molar-refractivity contribution is 5.96. The number of nitrogens with one attached hydrogen (secondary N) is 1. The van der Waals surface area contributed by atoms with Crippen LogP contribution in [0, 0.1) is 18.3 Å². The van der Waals surface area contributed by atoms with Crippen molar-refractivity contribution >= 4 is 11.9 Å². The van der Waals surface area contributed by atoms with Crippen molar-refractivity contribution in [2.75, 3.05) is 6.54 Å².